The van der Waals surface area contributed by atoms with E-state index in [0.29, 0.717) is 6.61 Å². The largest absolute Gasteiger partial charge is 0.345 e. The average Bonchev–Trinajstić information content (AvgIpc) is 1.99. The smallest absolute Gasteiger partial charge is 0.302 e. The summed E-state index contributed by atoms with van der Waals surface area (Å²) in [5.74, 6) is 0. The van der Waals surface area contributed by atoms with Crippen LogP contribution in [0.15, 0.2) is 12.7 Å². The van der Waals surface area contributed by atoms with Crippen LogP contribution >= 0.6 is 7.67 Å². The molecule has 0 aromatic rings. The molecule has 5 heteroatoms. The van der Waals surface area contributed by atoms with Crippen molar-refractivity contribution in [2.45, 2.75) is 0 Å². The van der Waals surface area contributed by atoms with E-state index in [9.17, 15) is 4.57 Å². The van der Waals surface area contributed by atoms with Crippen LogP contribution in [0.2, 0.25) is 0 Å². The summed E-state index contributed by atoms with van der Waals surface area (Å²) in [7, 11) is 4.12. The predicted molar refractivity (Wildman–Crippen MR) is 51.1 cm³/mol. The highest BCUT2D eigenvalue weighted by Crippen LogP contribution is 2.50. The Bertz CT molecular complexity index is 180. The summed E-state index contributed by atoms with van der Waals surface area (Å²) in [6.07, 6.45) is 1.58. The minimum Gasteiger partial charge on any atom is -0.302 e. The average molecular weight is 192 g/mol. The molecule has 0 radical (unpaired) electrons. The minimum atomic E-state index is -2.78. The van der Waals surface area contributed by atoms with Gasteiger partial charge in [0, 0.05) is 0 Å². The molecule has 0 aromatic heterocycles. The van der Waals surface area contributed by atoms with E-state index >= 15 is 0 Å². The molecule has 0 saturated heterocycles. The second-order valence-electron chi connectivity index (χ2n) is 2.77. The molecule has 0 fully saturated rings. The van der Waals surface area contributed by atoms with E-state index in [0.717, 1.165) is 0 Å². The fraction of sp³-hybridized carbons (Fsp3) is 0.714. The van der Waals surface area contributed by atoms with E-state index < -0.39 is 7.67 Å². The van der Waals surface area contributed by atoms with E-state index in [1.165, 1.54) is 0 Å². The third kappa shape index (κ3) is 2.72. The molecule has 72 valence electrons. The Kier molecular flexibility index (Phi) is 4.71. The summed E-state index contributed by atoms with van der Waals surface area (Å²) in [5.41, 5.74) is 0. The molecule has 0 unspecified atom stereocenters. The molecule has 0 aliphatic heterocycles. The summed E-state index contributed by atoms with van der Waals surface area (Å²) in [6.45, 7) is 3.80. The van der Waals surface area contributed by atoms with Gasteiger partial charge in [0.1, 0.15) is 0 Å². The monoisotopic (exact) mass is 192 g/mol. The summed E-state index contributed by atoms with van der Waals surface area (Å²) >= 11 is 0. The molecule has 0 saturated carbocycles. The second-order valence-corrected chi connectivity index (χ2v) is 5.61. The zero-order valence-electron chi connectivity index (χ0n) is 8.15. The minimum absolute atomic E-state index is 0.299. The third-order valence-corrected chi connectivity index (χ3v) is 3.88. The Morgan fingerprint density at radius 3 is 2.00 bits per heavy atom. The molecule has 0 amide bonds. The molecular weight excluding hydrogens is 175 g/mol. The van der Waals surface area contributed by atoms with E-state index in [4.69, 9.17) is 4.52 Å². The quantitative estimate of drug-likeness (QED) is 0.487. The Labute approximate surface area is 74.4 Å². The van der Waals surface area contributed by atoms with Crippen molar-refractivity contribution < 1.29 is 9.09 Å². The first-order chi connectivity index (χ1) is 5.45. The maximum Gasteiger partial charge on any atom is 0.345 e. The molecule has 0 spiro atoms. The van der Waals surface area contributed by atoms with Gasteiger partial charge in [-0.3, -0.25) is 4.57 Å². The van der Waals surface area contributed by atoms with Gasteiger partial charge < -0.3 is 4.52 Å². The van der Waals surface area contributed by atoms with Gasteiger partial charge in [0.05, 0.1) is 6.61 Å². The SMILES string of the molecule is C=CCOP(=O)(N(C)C)N(C)C. The first-order valence-electron chi connectivity index (χ1n) is 3.66. The molecule has 0 aliphatic rings. The zero-order valence-corrected chi connectivity index (χ0v) is 9.04. The normalized spacial score (nSPS) is 12.5. The molecular formula is C7H17N2O2P. The van der Waals surface area contributed by atoms with Crippen molar-refractivity contribution in [2.24, 2.45) is 0 Å². The van der Waals surface area contributed by atoms with Crippen molar-refractivity contribution in [1.82, 2.24) is 9.34 Å². The maximum atomic E-state index is 12.0. The Hall–Kier alpha value is -0.150. The van der Waals surface area contributed by atoms with Crippen LogP contribution in [0.1, 0.15) is 0 Å². The molecule has 12 heavy (non-hydrogen) atoms. The first kappa shape index (κ1) is 11.8. The van der Waals surface area contributed by atoms with Gasteiger partial charge in [-0.2, -0.15) is 0 Å². The third-order valence-electron chi connectivity index (χ3n) is 1.37. The highest BCUT2D eigenvalue weighted by Gasteiger charge is 2.28. The summed E-state index contributed by atoms with van der Waals surface area (Å²) in [4.78, 5) is 0. The van der Waals surface area contributed by atoms with Gasteiger partial charge in [0.25, 0.3) is 0 Å². The fourth-order valence-corrected chi connectivity index (χ4v) is 2.22. The summed E-state index contributed by atoms with van der Waals surface area (Å²) in [5, 5.41) is 0. The lowest BCUT2D eigenvalue weighted by molar-refractivity contribution is 0.270. The van der Waals surface area contributed by atoms with Crippen LogP contribution in [0.3, 0.4) is 0 Å². The highest BCUT2D eigenvalue weighted by atomic mass is 31.2. The topological polar surface area (TPSA) is 32.8 Å². The molecule has 0 bridgehead atoms. The van der Waals surface area contributed by atoms with E-state index in [1.807, 2.05) is 0 Å². The maximum absolute atomic E-state index is 12.0. The van der Waals surface area contributed by atoms with E-state index in [-0.39, 0.29) is 0 Å². The van der Waals surface area contributed by atoms with Crippen molar-refractivity contribution >= 4 is 7.67 Å². The second kappa shape index (κ2) is 4.77. The molecule has 0 rings (SSSR count). The van der Waals surface area contributed by atoms with Gasteiger partial charge in [-0.1, -0.05) is 6.08 Å². The Balaban J connectivity index is 4.40. The van der Waals surface area contributed by atoms with Gasteiger partial charge in [0.2, 0.25) is 0 Å². The van der Waals surface area contributed by atoms with Gasteiger partial charge in [-0.15, -0.1) is 6.58 Å². The highest BCUT2D eigenvalue weighted by molar-refractivity contribution is 7.53. The van der Waals surface area contributed by atoms with Gasteiger partial charge in [-0.05, 0) is 28.2 Å². The van der Waals surface area contributed by atoms with E-state index in [1.54, 1.807) is 43.6 Å². The van der Waals surface area contributed by atoms with Gasteiger partial charge in [-0.25, -0.2) is 9.34 Å². The molecule has 0 aromatic carbocycles. The van der Waals surface area contributed by atoms with Crippen LogP contribution in [0.5, 0.6) is 0 Å². The number of hydrogen-bond acceptors (Lipinski definition) is 2. The van der Waals surface area contributed by atoms with Gasteiger partial charge in [0.15, 0.2) is 0 Å². The van der Waals surface area contributed by atoms with Crippen molar-refractivity contribution in [3.8, 4) is 0 Å². The summed E-state index contributed by atoms with van der Waals surface area (Å²) < 4.78 is 20.3. The van der Waals surface area contributed by atoms with Crippen LogP contribution in [0.25, 0.3) is 0 Å². The van der Waals surface area contributed by atoms with Crippen LogP contribution in [0.4, 0.5) is 0 Å². The lowest BCUT2D eigenvalue weighted by Gasteiger charge is -2.28. The number of nitrogens with zero attached hydrogens (tertiary/aromatic N) is 2. The van der Waals surface area contributed by atoms with Gasteiger partial charge >= 0.3 is 7.67 Å². The molecule has 0 heterocycles. The summed E-state index contributed by atoms with van der Waals surface area (Å²) in [6, 6.07) is 0. The molecule has 0 aliphatic carbocycles. The van der Waals surface area contributed by atoms with Crippen molar-refractivity contribution in [3.05, 3.63) is 12.7 Å². The Morgan fingerprint density at radius 1 is 1.33 bits per heavy atom. The zero-order chi connectivity index (χ0) is 9.78. The lowest BCUT2D eigenvalue weighted by atomic mass is 10.7. The fourth-order valence-electron chi connectivity index (χ4n) is 0.739. The number of hydrogen-bond donors (Lipinski definition) is 0. The van der Waals surface area contributed by atoms with Crippen molar-refractivity contribution in [3.63, 3.8) is 0 Å². The molecule has 4 nitrogen and oxygen atoms in total. The van der Waals surface area contributed by atoms with Crippen molar-refractivity contribution in [1.29, 1.82) is 0 Å². The Morgan fingerprint density at radius 2 is 1.75 bits per heavy atom. The molecule has 0 atom stereocenters. The predicted octanol–water partition coefficient (Wildman–Crippen LogP) is 1.42. The lowest BCUT2D eigenvalue weighted by Crippen LogP contribution is -2.22. The standard InChI is InChI=1S/C7H17N2O2P/c1-6-7-11-12(10,8(2)3)9(4)5/h6H,1,7H2,2-5H3. The first-order valence-corrected chi connectivity index (χ1v) is 5.19. The molecule has 0 N–H and O–H groups in total. The number of rotatable bonds is 5. The van der Waals surface area contributed by atoms with Crippen molar-refractivity contribution in [2.75, 3.05) is 34.8 Å². The van der Waals surface area contributed by atoms with Crippen LogP contribution in [-0.2, 0) is 9.09 Å². The van der Waals surface area contributed by atoms with Crippen LogP contribution < -0.4 is 0 Å². The van der Waals surface area contributed by atoms with E-state index in [2.05, 4.69) is 6.58 Å². The van der Waals surface area contributed by atoms with Crippen LogP contribution in [0, 0.1) is 0 Å². The van der Waals surface area contributed by atoms with Crippen LogP contribution in [-0.4, -0.2) is 44.1 Å².